The van der Waals surface area contributed by atoms with Crippen molar-refractivity contribution in [3.05, 3.63) is 28.2 Å². The topological polar surface area (TPSA) is 75.4 Å². The molecule has 1 amide bonds. The van der Waals surface area contributed by atoms with Crippen LogP contribution in [-0.4, -0.2) is 17.1 Å². The van der Waals surface area contributed by atoms with Crippen LogP contribution in [0.1, 0.15) is 31.2 Å². The summed E-state index contributed by atoms with van der Waals surface area (Å²) in [5.74, 6) is 0.154. The monoisotopic (exact) mass is 326 g/mol. The third-order valence-electron chi connectivity index (χ3n) is 3.78. The Morgan fingerprint density at radius 2 is 2.05 bits per heavy atom. The zero-order valence-electron chi connectivity index (χ0n) is 10.7. The fraction of sp³-hybridized carbons (Fsp3) is 0.500. The first-order chi connectivity index (χ1) is 9.08. The second-order valence-corrected chi connectivity index (χ2v) is 5.93. The number of aromatic hydroxyl groups is 1. The maximum atomic E-state index is 11.1. The molecule has 2 rings (SSSR count). The van der Waals surface area contributed by atoms with E-state index >= 15 is 0 Å². The van der Waals surface area contributed by atoms with Gasteiger partial charge in [0, 0.05) is 24.1 Å². The minimum atomic E-state index is -0.178. The van der Waals surface area contributed by atoms with Crippen molar-refractivity contribution < 1.29 is 9.90 Å². The second kappa shape index (κ2) is 6.39. The third kappa shape index (κ3) is 3.70. The first-order valence-corrected chi connectivity index (χ1v) is 7.36. The lowest BCUT2D eigenvalue weighted by Gasteiger charge is -2.27. The van der Waals surface area contributed by atoms with Gasteiger partial charge in [-0.3, -0.25) is 4.79 Å². The molecule has 4 N–H and O–H groups in total. The Bertz CT molecular complexity index is 457. The largest absolute Gasteiger partial charge is 0.506 e. The molecule has 0 heterocycles. The second-order valence-electron chi connectivity index (χ2n) is 5.08. The Morgan fingerprint density at radius 1 is 1.37 bits per heavy atom. The molecule has 0 atom stereocenters. The van der Waals surface area contributed by atoms with Gasteiger partial charge in [0.25, 0.3) is 0 Å². The minimum absolute atomic E-state index is 0.0392. The third-order valence-corrected chi connectivity index (χ3v) is 4.42. The van der Waals surface area contributed by atoms with E-state index in [0.717, 1.165) is 31.2 Å². The van der Waals surface area contributed by atoms with Crippen molar-refractivity contribution in [3.8, 4) is 5.75 Å². The zero-order valence-corrected chi connectivity index (χ0v) is 12.3. The van der Waals surface area contributed by atoms with E-state index in [1.165, 1.54) is 0 Å². The fourth-order valence-corrected chi connectivity index (χ4v) is 2.95. The van der Waals surface area contributed by atoms with Gasteiger partial charge in [-0.1, -0.05) is 12.1 Å². The number of hydrogen-bond acceptors (Lipinski definition) is 3. The van der Waals surface area contributed by atoms with Gasteiger partial charge >= 0.3 is 0 Å². The summed E-state index contributed by atoms with van der Waals surface area (Å²) in [6.45, 7) is 0.636. The Kier molecular flexibility index (Phi) is 4.82. The molecule has 0 saturated heterocycles. The van der Waals surface area contributed by atoms with Gasteiger partial charge in [-0.2, -0.15) is 0 Å². The zero-order chi connectivity index (χ0) is 13.8. The molecule has 0 bridgehead atoms. The summed E-state index contributed by atoms with van der Waals surface area (Å²) in [6.07, 6.45) is 3.64. The highest BCUT2D eigenvalue weighted by molar-refractivity contribution is 9.10. The normalized spacial score (nSPS) is 23.2. The maximum Gasteiger partial charge on any atom is 0.220 e. The number of carbonyl (C=O) groups is 1. The van der Waals surface area contributed by atoms with Gasteiger partial charge in [0.05, 0.1) is 4.47 Å². The molecule has 0 radical (unpaired) electrons. The van der Waals surface area contributed by atoms with Crippen molar-refractivity contribution >= 4 is 21.8 Å². The van der Waals surface area contributed by atoms with Crippen molar-refractivity contribution in [2.24, 2.45) is 11.7 Å². The van der Waals surface area contributed by atoms with Crippen LogP contribution in [0.3, 0.4) is 0 Å². The van der Waals surface area contributed by atoms with Crippen LogP contribution in [-0.2, 0) is 11.3 Å². The van der Waals surface area contributed by atoms with Gasteiger partial charge in [-0.25, -0.2) is 0 Å². The van der Waals surface area contributed by atoms with E-state index in [0.29, 0.717) is 22.8 Å². The van der Waals surface area contributed by atoms with Crippen molar-refractivity contribution in [2.45, 2.75) is 38.3 Å². The number of primary amides is 1. The van der Waals surface area contributed by atoms with Crippen LogP contribution in [0.4, 0.5) is 0 Å². The number of para-hydroxylation sites is 1. The van der Waals surface area contributed by atoms with Gasteiger partial charge in [0.1, 0.15) is 5.75 Å². The molecule has 1 aromatic carbocycles. The lowest BCUT2D eigenvalue weighted by atomic mass is 9.85. The number of nitrogens with two attached hydrogens (primary N) is 1. The molecule has 104 valence electrons. The Labute approximate surface area is 121 Å². The highest BCUT2D eigenvalue weighted by Gasteiger charge is 2.24. The van der Waals surface area contributed by atoms with Crippen molar-refractivity contribution in [3.63, 3.8) is 0 Å². The van der Waals surface area contributed by atoms with E-state index in [1.807, 2.05) is 18.2 Å². The summed E-state index contributed by atoms with van der Waals surface area (Å²) in [5, 5.41) is 13.3. The van der Waals surface area contributed by atoms with Crippen molar-refractivity contribution in [1.82, 2.24) is 5.32 Å². The number of rotatable bonds is 4. The molecule has 5 heteroatoms. The molecule has 0 aromatic heterocycles. The summed E-state index contributed by atoms with van der Waals surface area (Å²) in [6, 6.07) is 6.03. The average Bonchev–Trinajstić information content (AvgIpc) is 2.41. The number of nitrogens with one attached hydrogen (secondary N) is 1. The van der Waals surface area contributed by atoms with Gasteiger partial charge < -0.3 is 16.2 Å². The number of hydrogen-bond donors (Lipinski definition) is 3. The molecule has 1 fully saturated rings. The van der Waals surface area contributed by atoms with Crippen LogP contribution in [0.25, 0.3) is 0 Å². The number of benzene rings is 1. The predicted molar refractivity (Wildman–Crippen MR) is 77.6 cm³/mol. The van der Waals surface area contributed by atoms with E-state index in [1.54, 1.807) is 0 Å². The summed E-state index contributed by atoms with van der Waals surface area (Å²) < 4.78 is 0.712. The number of carbonyl (C=O) groups excluding carboxylic acids is 1. The average molecular weight is 327 g/mol. The van der Waals surface area contributed by atoms with Gasteiger partial charge in [-0.05, 0) is 47.7 Å². The van der Waals surface area contributed by atoms with Crippen LogP contribution >= 0.6 is 15.9 Å². The fourth-order valence-electron chi connectivity index (χ4n) is 2.54. The van der Waals surface area contributed by atoms with Crippen molar-refractivity contribution in [2.75, 3.05) is 0 Å². The van der Waals surface area contributed by atoms with Crippen LogP contribution in [0.15, 0.2) is 22.7 Å². The predicted octanol–water partition coefficient (Wildman–Crippen LogP) is 2.29. The molecule has 0 aliphatic heterocycles. The smallest absolute Gasteiger partial charge is 0.220 e. The number of halogens is 1. The molecule has 0 unspecified atom stereocenters. The van der Waals surface area contributed by atoms with E-state index in [2.05, 4.69) is 21.2 Å². The summed E-state index contributed by atoms with van der Waals surface area (Å²) in [5.41, 5.74) is 6.20. The first kappa shape index (κ1) is 14.3. The maximum absolute atomic E-state index is 11.1. The Morgan fingerprint density at radius 3 is 2.68 bits per heavy atom. The summed E-state index contributed by atoms with van der Waals surface area (Å²) in [7, 11) is 0. The van der Waals surface area contributed by atoms with Gasteiger partial charge in [0.2, 0.25) is 5.91 Å². The summed E-state index contributed by atoms with van der Waals surface area (Å²) >= 11 is 3.31. The highest BCUT2D eigenvalue weighted by Crippen LogP contribution is 2.28. The lowest BCUT2D eigenvalue weighted by Crippen LogP contribution is -2.36. The first-order valence-electron chi connectivity index (χ1n) is 6.57. The van der Waals surface area contributed by atoms with Gasteiger partial charge in [-0.15, -0.1) is 0 Å². The molecule has 0 spiro atoms. The van der Waals surface area contributed by atoms with Crippen molar-refractivity contribution in [1.29, 1.82) is 0 Å². The van der Waals surface area contributed by atoms with Crippen LogP contribution in [0, 0.1) is 5.92 Å². The Hall–Kier alpha value is -1.07. The van der Waals surface area contributed by atoms with E-state index < -0.39 is 0 Å². The number of phenols is 1. The van der Waals surface area contributed by atoms with E-state index in [4.69, 9.17) is 5.73 Å². The van der Waals surface area contributed by atoms with Crippen LogP contribution < -0.4 is 11.1 Å². The lowest BCUT2D eigenvalue weighted by molar-refractivity contribution is -0.122. The number of amides is 1. The highest BCUT2D eigenvalue weighted by atomic mass is 79.9. The molecule has 1 aliphatic carbocycles. The van der Waals surface area contributed by atoms with E-state index in [9.17, 15) is 9.90 Å². The molecule has 19 heavy (non-hydrogen) atoms. The molecule has 1 saturated carbocycles. The molecule has 1 aromatic rings. The van der Waals surface area contributed by atoms with Gasteiger partial charge in [0.15, 0.2) is 0 Å². The standard InChI is InChI=1S/C14H19BrN2O2/c15-12-3-1-2-10(13(12)18)8-17-11-6-4-9(5-7-11)14(16)19/h1-3,9,11,17-18H,4-8H2,(H2,16,19). The Balaban J connectivity index is 1.84. The molecule has 1 aliphatic rings. The molecule has 4 nitrogen and oxygen atoms in total. The SMILES string of the molecule is NC(=O)C1CCC(NCc2cccc(Br)c2O)CC1. The van der Waals surface area contributed by atoms with Crippen LogP contribution in [0.2, 0.25) is 0 Å². The quantitative estimate of drug-likeness (QED) is 0.794. The number of phenolic OH excluding ortho intramolecular Hbond substituents is 1. The van der Waals surface area contributed by atoms with E-state index in [-0.39, 0.29) is 11.8 Å². The molecular weight excluding hydrogens is 308 g/mol. The molecular formula is C14H19BrN2O2. The summed E-state index contributed by atoms with van der Waals surface area (Å²) in [4.78, 5) is 11.1. The van der Waals surface area contributed by atoms with Crippen LogP contribution in [0.5, 0.6) is 5.75 Å². The minimum Gasteiger partial charge on any atom is -0.506 e.